The van der Waals surface area contributed by atoms with E-state index in [0.717, 1.165) is 6.07 Å². The number of amides is 2. The average molecular weight is 394 g/mol. The summed E-state index contributed by atoms with van der Waals surface area (Å²) >= 11 is 6.02. The maximum atomic E-state index is 14.0. The summed E-state index contributed by atoms with van der Waals surface area (Å²) in [6, 6.07) is 18.4. The number of nitrogens with one attached hydrogen (secondary N) is 2. The molecule has 0 saturated carbocycles. The molecule has 0 aliphatic rings. The molecule has 7 heteroatoms. The molecule has 0 fully saturated rings. The summed E-state index contributed by atoms with van der Waals surface area (Å²) in [6.45, 7) is 0. The zero-order valence-corrected chi connectivity index (χ0v) is 15.1. The van der Waals surface area contributed by atoms with E-state index < -0.39 is 17.6 Å². The van der Waals surface area contributed by atoms with E-state index in [0.29, 0.717) is 22.0 Å². The number of carbonyl (C=O) groups excluding carboxylic acids is 2. The lowest BCUT2D eigenvalue weighted by Gasteiger charge is -2.10. The number of nitriles is 1. The molecule has 0 aromatic heterocycles. The summed E-state index contributed by atoms with van der Waals surface area (Å²) < 4.78 is 14.0. The van der Waals surface area contributed by atoms with Gasteiger partial charge in [-0.25, -0.2) is 4.39 Å². The van der Waals surface area contributed by atoms with E-state index in [2.05, 4.69) is 10.6 Å². The molecule has 2 N–H and O–H groups in total. The topological polar surface area (TPSA) is 82.0 Å². The molecule has 138 valence electrons. The Hall–Kier alpha value is -3.69. The number of nitrogens with zero attached hydrogens (tertiary/aromatic N) is 1. The molecule has 0 atom stereocenters. The van der Waals surface area contributed by atoms with E-state index in [1.807, 2.05) is 0 Å². The molecule has 0 aliphatic heterocycles. The van der Waals surface area contributed by atoms with Crippen molar-refractivity contribution < 1.29 is 14.0 Å². The zero-order valence-electron chi connectivity index (χ0n) is 14.4. The Morgan fingerprint density at radius 3 is 2.11 bits per heavy atom. The van der Waals surface area contributed by atoms with Crippen molar-refractivity contribution >= 4 is 34.8 Å². The first-order chi connectivity index (χ1) is 13.5. The minimum Gasteiger partial charge on any atom is -0.322 e. The number of hydrogen-bond acceptors (Lipinski definition) is 3. The van der Waals surface area contributed by atoms with E-state index in [1.165, 1.54) is 18.2 Å². The van der Waals surface area contributed by atoms with E-state index in [9.17, 15) is 14.0 Å². The Balaban J connectivity index is 1.75. The fourth-order valence-electron chi connectivity index (χ4n) is 2.49. The molecule has 0 heterocycles. The van der Waals surface area contributed by atoms with Crippen molar-refractivity contribution in [2.24, 2.45) is 0 Å². The third-order valence-electron chi connectivity index (χ3n) is 3.84. The highest BCUT2D eigenvalue weighted by Gasteiger charge is 2.14. The van der Waals surface area contributed by atoms with Gasteiger partial charge in [0.05, 0.1) is 27.8 Å². The number of carbonyl (C=O) groups is 2. The summed E-state index contributed by atoms with van der Waals surface area (Å²) in [5, 5.41) is 14.3. The van der Waals surface area contributed by atoms with Crippen LogP contribution >= 0.6 is 11.6 Å². The van der Waals surface area contributed by atoms with Crippen LogP contribution in [-0.4, -0.2) is 11.8 Å². The highest BCUT2D eigenvalue weighted by atomic mass is 35.5. The van der Waals surface area contributed by atoms with Crippen LogP contribution < -0.4 is 10.6 Å². The minimum absolute atomic E-state index is 0.123. The second-order valence-electron chi connectivity index (χ2n) is 5.78. The third kappa shape index (κ3) is 4.34. The minimum atomic E-state index is -0.792. The largest absolute Gasteiger partial charge is 0.322 e. The molecular weight excluding hydrogens is 381 g/mol. The van der Waals surface area contributed by atoms with E-state index in [4.69, 9.17) is 16.9 Å². The molecule has 0 unspecified atom stereocenters. The summed E-state index contributed by atoms with van der Waals surface area (Å²) in [5.74, 6) is -1.86. The summed E-state index contributed by atoms with van der Waals surface area (Å²) in [5.41, 5.74) is 1.05. The molecule has 0 saturated heterocycles. The molecule has 0 bridgehead atoms. The van der Waals surface area contributed by atoms with Crippen molar-refractivity contribution in [3.8, 4) is 6.07 Å². The van der Waals surface area contributed by atoms with Crippen LogP contribution in [0.5, 0.6) is 0 Å². The first-order valence-corrected chi connectivity index (χ1v) is 8.52. The molecule has 0 aliphatic carbocycles. The maximum Gasteiger partial charge on any atom is 0.258 e. The molecule has 28 heavy (non-hydrogen) atoms. The molecule has 3 aromatic carbocycles. The van der Waals surface area contributed by atoms with Crippen molar-refractivity contribution in [1.29, 1.82) is 5.26 Å². The second-order valence-corrected chi connectivity index (χ2v) is 6.18. The monoisotopic (exact) mass is 393 g/mol. The third-order valence-corrected chi connectivity index (χ3v) is 4.17. The van der Waals surface area contributed by atoms with Gasteiger partial charge >= 0.3 is 0 Å². The van der Waals surface area contributed by atoms with Crippen molar-refractivity contribution in [3.05, 3.63) is 94.3 Å². The highest BCUT2D eigenvalue weighted by molar-refractivity contribution is 6.34. The fourth-order valence-corrected chi connectivity index (χ4v) is 2.71. The van der Waals surface area contributed by atoms with Crippen LogP contribution in [0.15, 0.2) is 66.7 Å². The first-order valence-electron chi connectivity index (χ1n) is 8.15. The van der Waals surface area contributed by atoms with Crippen LogP contribution in [0.2, 0.25) is 5.02 Å². The number of anilines is 2. The Kier molecular flexibility index (Phi) is 5.68. The van der Waals surface area contributed by atoms with Crippen LogP contribution in [0.3, 0.4) is 0 Å². The van der Waals surface area contributed by atoms with Gasteiger partial charge in [0.1, 0.15) is 5.82 Å². The Labute approximate surface area is 165 Å². The van der Waals surface area contributed by atoms with Gasteiger partial charge in [-0.05, 0) is 48.5 Å². The lowest BCUT2D eigenvalue weighted by atomic mass is 10.1. The van der Waals surface area contributed by atoms with Crippen molar-refractivity contribution in [2.45, 2.75) is 0 Å². The van der Waals surface area contributed by atoms with Gasteiger partial charge in [0.15, 0.2) is 0 Å². The smallest absolute Gasteiger partial charge is 0.258 e. The quantitative estimate of drug-likeness (QED) is 0.664. The second kappa shape index (κ2) is 8.33. The van der Waals surface area contributed by atoms with Crippen LogP contribution in [0.4, 0.5) is 15.8 Å². The fraction of sp³-hybridized carbons (Fsp3) is 0. The van der Waals surface area contributed by atoms with Crippen molar-refractivity contribution in [1.82, 2.24) is 0 Å². The maximum absolute atomic E-state index is 14.0. The number of benzene rings is 3. The van der Waals surface area contributed by atoms with Gasteiger partial charge in [-0.3, -0.25) is 9.59 Å². The van der Waals surface area contributed by atoms with Gasteiger partial charge in [-0.2, -0.15) is 5.26 Å². The summed E-state index contributed by atoms with van der Waals surface area (Å²) in [6.07, 6.45) is 0. The van der Waals surface area contributed by atoms with E-state index in [-0.39, 0.29) is 11.1 Å². The number of hydrogen-bond donors (Lipinski definition) is 2. The Morgan fingerprint density at radius 2 is 1.50 bits per heavy atom. The number of halogens is 2. The predicted octanol–water partition coefficient (Wildman–Crippen LogP) is 4.86. The Bertz CT molecular complexity index is 1110. The van der Waals surface area contributed by atoms with Crippen molar-refractivity contribution in [2.75, 3.05) is 10.6 Å². The lowest BCUT2D eigenvalue weighted by molar-refractivity contribution is 0.101. The van der Waals surface area contributed by atoms with Gasteiger partial charge in [0, 0.05) is 11.4 Å². The first kappa shape index (κ1) is 19.1. The van der Waals surface area contributed by atoms with Gasteiger partial charge in [0.25, 0.3) is 11.8 Å². The SMILES string of the molecule is N#Cc1ccc(C(=O)Nc2cccc(NC(=O)c3ccccc3Cl)c2)c(F)c1. The zero-order chi connectivity index (χ0) is 20.1. The lowest BCUT2D eigenvalue weighted by Crippen LogP contribution is -2.15. The molecule has 2 amide bonds. The van der Waals surface area contributed by atoms with Crippen LogP contribution in [0.1, 0.15) is 26.3 Å². The highest BCUT2D eigenvalue weighted by Crippen LogP contribution is 2.20. The molecule has 0 spiro atoms. The van der Waals surface area contributed by atoms with Gasteiger partial charge in [-0.1, -0.05) is 29.8 Å². The average Bonchev–Trinajstić information content (AvgIpc) is 2.68. The predicted molar refractivity (Wildman–Crippen MR) is 105 cm³/mol. The van der Waals surface area contributed by atoms with Gasteiger partial charge < -0.3 is 10.6 Å². The van der Waals surface area contributed by atoms with Gasteiger partial charge in [0.2, 0.25) is 0 Å². The standard InChI is InChI=1S/C21H13ClFN3O2/c22-18-7-2-1-6-16(18)20(27)25-14-4-3-5-15(11-14)26-21(28)17-9-8-13(12-24)10-19(17)23/h1-11H,(H,25,27)(H,26,28). The van der Waals surface area contributed by atoms with E-state index in [1.54, 1.807) is 48.5 Å². The van der Waals surface area contributed by atoms with Crippen molar-refractivity contribution in [3.63, 3.8) is 0 Å². The molecular formula is C21H13ClFN3O2. The Morgan fingerprint density at radius 1 is 0.857 bits per heavy atom. The molecule has 0 radical (unpaired) electrons. The summed E-state index contributed by atoms with van der Waals surface area (Å²) in [4.78, 5) is 24.6. The normalized spacial score (nSPS) is 10.0. The molecule has 3 aromatic rings. The summed E-state index contributed by atoms with van der Waals surface area (Å²) in [7, 11) is 0. The van der Waals surface area contributed by atoms with E-state index >= 15 is 0 Å². The van der Waals surface area contributed by atoms with Crippen LogP contribution in [-0.2, 0) is 0 Å². The molecule has 3 rings (SSSR count). The van der Waals surface area contributed by atoms with Crippen LogP contribution in [0, 0.1) is 17.1 Å². The van der Waals surface area contributed by atoms with Crippen LogP contribution in [0.25, 0.3) is 0 Å². The molecule has 5 nitrogen and oxygen atoms in total. The van der Waals surface area contributed by atoms with Gasteiger partial charge in [-0.15, -0.1) is 0 Å². The number of rotatable bonds is 4.